The average Bonchev–Trinajstić information content (AvgIpc) is 3.28. The molecular formula is C28H27Cl2N3O2. The van der Waals surface area contributed by atoms with Crippen molar-refractivity contribution in [3.05, 3.63) is 88.4 Å². The number of anilines is 1. The van der Waals surface area contributed by atoms with Crippen molar-refractivity contribution < 1.29 is 9.21 Å². The smallest absolute Gasteiger partial charge is 0.319 e. The summed E-state index contributed by atoms with van der Waals surface area (Å²) in [7, 11) is 2.14. The summed E-state index contributed by atoms with van der Waals surface area (Å²) < 4.78 is 6.04. The average molecular weight is 508 g/mol. The first-order valence-electron chi connectivity index (χ1n) is 11.7. The molecule has 3 aromatic carbocycles. The van der Waals surface area contributed by atoms with Crippen LogP contribution in [-0.2, 0) is 5.41 Å². The molecule has 0 bridgehead atoms. The molecule has 180 valence electrons. The number of piperidine rings is 1. The topological polar surface area (TPSA) is 57.5 Å². The van der Waals surface area contributed by atoms with Crippen LogP contribution in [0, 0.1) is 0 Å². The van der Waals surface area contributed by atoms with Gasteiger partial charge < -0.3 is 20.0 Å². The highest BCUT2D eigenvalue weighted by Gasteiger charge is 2.36. The first kappa shape index (κ1) is 23.7. The lowest BCUT2D eigenvalue weighted by molar-refractivity contribution is 0.183. The van der Waals surface area contributed by atoms with Gasteiger partial charge in [0, 0.05) is 38.6 Å². The van der Waals surface area contributed by atoms with Crippen LogP contribution >= 0.6 is 23.2 Å². The number of para-hydroxylation sites is 1. The van der Waals surface area contributed by atoms with E-state index in [0.29, 0.717) is 22.3 Å². The Morgan fingerprint density at radius 1 is 0.971 bits per heavy atom. The van der Waals surface area contributed by atoms with Crippen molar-refractivity contribution in [1.29, 1.82) is 0 Å². The van der Waals surface area contributed by atoms with E-state index in [-0.39, 0.29) is 11.4 Å². The van der Waals surface area contributed by atoms with E-state index >= 15 is 0 Å². The maximum Gasteiger partial charge on any atom is 0.319 e. The third-order valence-electron chi connectivity index (χ3n) is 6.86. The van der Waals surface area contributed by atoms with Gasteiger partial charge in [0.1, 0.15) is 11.3 Å². The van der Waals surface area contributed by atoms with Crippen molar-refractivity contribution in [1.82, 2.24) is 10.2 Å². The highest BCUT2D eigenvalue weighted by Crippen LogP contribution is 2.36. The van der Waals surface area contributed by atoms with Gasteiger partial charge in [-0.25, -0.2) is 4.79 Å². The Labute approximate surface area is 215 Å². The lowest BCUT2D eigenvalue weighted by atomic mass is 9.72. The number of urea groups is 1. The number of fused-ring (bicyclic) bond motifs is 1. The van der Waals surface area contributed by atoms with Crippen LogP contribution in [0.4, 0.5) is 10.5 Å². The zero-order valence-corrected chi connectivity index (χ0v) is 21.0. The first-order valence-corrected chi connectivity index (χ1v) is 12.4. The zero-order chi connectivity index (χ0) is 24.4. The van der Waals surface area contributed by atoms with Crippen molar-refractivity contribution >= 4 is 45.9 Å². The van der Waals surface area contributed by atoms with Crippen LogP contribution in [0.5, 0.6) is 0 Å². The second kappa shape index (κ2) is 9.94. The molecular weight excluding hydrogens is 481 g/mol. The maximum atomic E-state index is 12.7. The summed E-state index contributed by atoms with van der Waals surface area (Å²) in [6, 6.07) is 23.4. The molecule has 0 atom stereocenters. The number of carbonyl (C=O) groups is 1. The fourth-order valence-electron chi connectivity index (χ4n) is 4.78. The highest BCUT2D eigenvalue weighted by atomic mass is 35.5. The molecule has 1 aliphatic rings. The molecule has 1 aliphatic heterocycles. The Bertz CT molecular complexity index is 1290. The Morgan fingerprint density at radius 2 is 1.66 bits per heavy atom. The number of carbonyl (C=O) groups excluding carboxylic acids is 1. The quantitative estimate of drug-likeness (QED) is 0.300. The van der Waals surface area contributed by atoms with Crippen LogP contribution < -0.4 is 10.6 Å². The number of nitrogens with one attached hydrogen (secondary N) is 2. The first-order chi connectivity index (χ1) is 16.9. The van der Waals surface area contributed by atoms with Gasteiger partial charge in [0.15, 0.2) is 0 Å². The molecule has 5 nitrogen and oxygen atoms in total. The molecule has 2 N–H and O–H groups in total. The van der Waals surface area contributed by atoms with Gasteiger partial charge >= 0.3 is 6.03 Å². The van der Waals surface area contributed by atoms with Gasteiger partial charge in [-0.3, -0.25) is 0 Å². The van der Waals surface area contributed by atoms with Crippen LogP contribution in [0.3, 0.4) is 0 Å². The fourth-order valence-corrected chi connectivity index (χ4v) is 5.30. The van der Waals surface area contributed by atoms with Crippen LogP contribution in [0.2, 0.25) is 10.0 Å². The van der Waals surface area contributed by atoms with Gasteiger partial charge in [0.2, 0.25) is 0 Å². The molecule has 0 radical (unpaired) electrons. The lowest BCUT2D eigenvalue weighted by Crippen LogP contribution is -2.48. The maximum absolute atomic E-state index is 12.7. The molecule has 7 heteroatoms. The van der Waals surface area contributed by atoms with Crippen molar-refractivity contribution in [3.8, 4) is 11.3 Å². The summed E-state index contributed by atoms with van der Waals surface area (Å²) in [6.45, 7) is 2.47. The lowest BCUT2D eigenvalue weighted by Gasteiger charge is -2.41. The minimum absolute atomic E-state index is 0.151. The number of benzene rings is 3. The molecule has 0 spiro atoms. The highest BCUT2D eigenvalue weighted by molar-refractivity contribution is 6.35. The van der Waals surface area contributed by atoms with Crippen molar-refractivity contribution in [3.63, 3.8) is 0 Å². The summed E-state index contributed by atoms with van der Waals surface area (Å²) >= 11 is 12.1. The predicted molar refractivity (Wildman–Crippen MR) is 144 cm³/mol. The Morgan fingerprint density at radius 3 is 2.34 bits per heavy atom. The summed E-state index contributed by atoms with van der Waals surface area (Å²) in [5.41, 5.74) is 3.55. The second-order valence-corrected chi connectivity index (χ2v) is 10.1. The molecule has 1 aromatic heterocycles. The number of hydrogen-bond donors (Lipinski definition) is 2. The van der Waals surface area contributed by atoms with Crippen molar-refractivity contribution in [2.24, 2.45) is 0 Å². The number of likely N-dealkylation sites (tertiary alicyclic amines) is 1. The molecule has 1 fully saturated rings. The summed E-state index contributed by atoms with van der Waals surface area (Å²) in [4.78, 5) is 15.0. The van der Waals surface area contributed by atoms with E-state index in [1.165, 1.54) is 5.56 Å². The van der Waals surface area contributed by atoms with Gasteiger partial charge in [-0.05, 0) is 68.9 Å². The molecule has 0 saturated carbocycles. The van der Waals surface area contributed by atoms with Crippen molar-refractivity contribution in [2.45, 2.75) is 18.3 Å². The molecule has 1 saturated heterocycles. The second-order valence-electron chi connectivity index (χ2n) is 9.28. The zero-order valence-electron chi connectivity index (χ0n) is 19.5. The Balaban J connectivity index is 1.34. The number of furan rings is 1. The van der Waals surface area contributed by atoms with Gasteiger partial charge in [-0.2, -0.15) is 0 Å². The van der Waals surface area contributed by atoms with Crippen LogP contribution in [0.1, 0.15) is 18.4 Å². The molecule has 0 aliphatic carbocycles. The molecule has 5 rings (SSSR count). The number of halogens is 2. The standard InChI is InChI=1S/C28H27Cl2N3O2/c1-33-12-10-28(11-13-33,18-31-27(34)32-24-16-22(29)15-23(30)17-24)21-8-6-19(7-9-21)26-14-20-4-2-3-5-25(20)35-26/h2-9,14-17H,10-13,18H2,1H3,(H2,31,32,34). The summed E-state index contributed by atoms with van der Waals surface area (Å²) in [6.07, 6.45) is 1.91. The minimum Gasteiger partial charge on any atom is -0.456 e. The molecule has 2 amide bonds. The van der Waals surface area contributed by atoms with E-state index in [2.05, 4.69) is 59.0 Å². The van der Waals surface area contributed by atoms with E-state index in [1.807, 2.05) is 18.2 Å². The monoisotopic (exact) mass is 507 g/mol. The van der Waals surface area contributed by atoms with E-state index in [0.717, 1.165) is 48.2 Å². The largest absolute Gasteiger partial charge is 0.456 e. The van der Waals surface area contributed by atoms with E-state index in [4.69, 9.17) is 27.6 Å². The predicted octanol–water partition coefficient (Wildman–Crippen LogP) is 7.19. The SMILES string of the molecule is CN1CCC(CNC(=O)Nc2cc(Cl)cc(Cl)c2)(c2ccc(-c3cc4ccccc4o3)cc2)CC1. The molecule has 35 heavy (non-hydrogen) atoms. The van der Waals surface area contributed by atoms with Gasteiger partial charge in [0.25, 0.3) is 0 Å². The van der Waals surface area contributed by atoms with E-state index in [9.17, 15) is 4.79 Å². The van der Waals surface area contributed by atoms with Crippen LogP contribution in [0.25, 0.3) is 22.3 Å². The van der Waals surface area contributed by atoms with Crippen LogP contribution in [0.15, 0.2) is 77.2 Å². The van der Waals surface area contributed by atoms with E-state index < -0.39 is 0 Å². The normalized spacial score (nSPS) is 15.7. The van der Waals surface area contributed by atoms with Crippen LogP contribution in [-0.4, -0.2) is 37.6 Å². The Hall–Kier alpha value is -2.99. The van der Waals surface area contributed by atoms with E-state index in [1.54, 1.807) is 18.2 Å². The number of hydrogen-bond acceptors (Lipinski definition) is 3. The molecule has 4 aromatic rings. The van der Waals surface area contributed by atoms with Crippen molar-refractivity contribution in [2.75, 3.05) is 32.0 Å². The van der Waals surface area contributed by atoms with Gasteiger partial charge in [0.05, 0.1) is 0 Å². The third-order valence-corrected chi connectivity index (χ3v) is 7.30. The summed E-state index contributed by atoms with van der Waals surface area (Å²) in [5, 5.41) is 7.97. The number of rotatable bonds is 5. The summed E-state index contributed by atoms with van der Waals surface area (Å²) in [5.74, 6) is 0.855. The van der Waals surface area contributed by atoms with Gasteiger partial charge in [-0.1, -0.05) is 65.7 Å². The molecule has 2 heterocycles. The Kier molecular flexibility index (Phi) is 6.74. The number of nitrogens with zero attached hydrogens (tertiary/aromatic N) is 1. The fraction of sp³-hybridized carbons (Fsp3) is 0.250. The molecule has 0 unspecified atom stereocenters. The van der Waals surface area contributed by atoms with Gasteiger partial charge in [-0.15, -0.1) is 0 Å². The third kappa shape index (κ3) is 5.32. The number of amides is 2. The minimum atomic E-state index is -0.277.